The minimum Gasteiger partial charge on any atom is -0.497 e. The summed E-state index contributed by atoms with van der Waals surface area (Å²) in [7, 11) is 1.62. The molecule has 4 rings (SSSR count). The molecule has 1 aromatic heterocycles. The zero-order valence-electron chi connectivity index (χ0n) is 20.0. The number of carbonyl (C=O) groups is 2. The van der Waals surface area contributed by atoms with Crippen LogP contribution in [-0.2, 0) is 16.0 Å². The summed E-state index contributed by atoms with van der Waals surface area (Å²) in [6.45, 7) is 3.99. The minimum absolute atomic E-state index is 0.0951. The molecule has 2 amide bonds. The second kappa shape index (κ2) is 10.9. The number of thiophene rings is 1. The third-order valence-electron chi connectivity index (χ3n) is 6.49. The van der Waals surface area contributed by atoms with Gasteiger partial charge >= 0.3 is 0 Å². The van der Waals surface area contributed by atoms with Crippen molar-refractivity contribution in [2.24, 2.45) is 0 Å². The Hall–Kier alpha value is -3.12. The van der Waals surface area contributed by atoms with E-state index in [-0.39, 0.29) is 24.3 Å². The molecule has 5 nitrogen and oxygen atoms in total. The van der Waals surface area contributed by atoms with Crippen LogP contribution in [0.5, 0.6) is 5.75 Å². The lowest BCUT2D eigenvalue weighted by atomic mass is 9.98. The average Bonchev–Trinajstić information content (AvgIpc) is 3.53. The maximum Gasteiger partial charge on any atom is 0.248 e. The molecular weight excluding hydrogens is 444 g/mol. The number of nitrogens with zero attached hydrogens (tertiary/aromatic N) is 1. The summed E-state index contributed by atoms with van der Waals surface area (Å²) in [6, 6.07) is 16.7. The summed E-state index contributed by atoms with van der Waals surface area (Å²) in [5, 5.41) is 5.22. The van der Waals surface area contributed by atoms with Gasteiger partial charge < -0.3 is 10.1 Å². The highest BCUT2D eigenvalue weighted by Crippen LogP contribution is 2.35. The third kappa shape index (κ3) is 5.33. The van der Waals surface area contributed by atoms with Crippen molar-refractivity contribution in [3.8, 4) is 5.75 Å². The molecule has 6 heteroatoms. The Balaban J connectivity index is 1.81. The number of methoxy groups -OCH3 is 1. The minimum atomic E-state index is -0.779. The Bertz CT molecular complexity index is 1100. The lowest BCUT2D eigenvalue weighted by Gasteiger charge is -2.34. The van der Waals surface area contributed by atoms with Crippen molar-refractivity contribution in [3.63, 3.8) is 0 Å². The van der Waals surface area contributed by atoms with Gasteiger partial charge in [0.1, 0.15) is 11.8 Å². The molecule has 0 spiro atoms. The number of rotatable bonds is 8. The zero-order valence-corrected chi connectivity index (χ0v) is 20.9. The van der Waals surface area contributed by atoms with Crippen LogP contribution in [0.2, 0.25) is 0 Å². The molecule has 2 aromatic carbocycles. The number of anilines is 1. The van der Waals surface area contributed by atoms with E-state index in [4.69, 9.17) is 4.74 Å². The van der Waals surface area contributed by atoms with Crippen LogP contribution in [0.15, 0.2) is 60.0 Å². The predicted molar refractivity (Wildman–Crippen MR) is 138 cm³/mol. The standard InChI is InChI=1S/C28H32N2O3S/c1-19-8-6-9-20(2)26(19)30(25(31)18-24-12-7-17-34-24)27(21-13-15-23(33-3)16-14-21)28(32)29-22-10-4-5-11-22/h6-9,12-17,22,27H,4-5,10-11,18H2,1-3H3,(H,29,32)/t27-/m1/s1. The molecule has 178 valence electrons. The molecule has 3 aromatic rings. The second-order valence-electron chi connectivity index (χ2n) is 8.93. The normalized spacial score (nSPS) is 14.6. The molecule has 1 aliphatic rings. The van der Waals surface area contributed by atoms with E-state index in [2.05, 4.69) is 5.32 Å². The Morgan fingerprint density at radius 2 is 1.71 bits per heavy atom. The quantitative estimate of drug-likeness (QED) is 0.450. The van der Waals surface area contributed by atoms with E-state index in [1.807, 2.05) is 73.8 Å². The summed E-state index contributed by atoms with van der Waals surface area (Å²) in [4.78, 5) is 30.5. The van der Waals surface area contributed by atoms with Crippen LogP contribution in [0.1, 0.15) is 53.3 Å². The first-order chi connectivity index (χ1) is 16.5. The number of hydrogen-bond acceptors (Lipinski definition) is 4. The van der Waals surface area contributed by atoms with Gasteiger partial charge in [-0.15, -0.1) is 11.3 Å². The first kappa shape index (κ1) is 24.0. The van der Waals surface area contributed by atoms with Crippen molar-refractivity contribution in [1.82, 2.24) is 5.32 Å². The van der Waals surface area contributed by atoms with Gasteiger partial charge in [-0.05, 0) is 67.0 Å². The average molecular weight is 477 g/mol. The highest BCUT2D eigenvalue weighted by molar-refractivity contribution is 7.10. The number of benzene rings is 2. The van der Waals surface area contributed by atoms with Gasteiger partial charge in [0, 0.05) is 10.9 Å². The van der Waals surface area contributed by atoms with Crippen LogP contribution < -0.4 is 15.0 Å². The predicted octanol–water partition coefficient (Wildman–Crippen LogP) is 5.75. The smallest absolute Gasteiger partial charge is 0.248 e. The van der Waals surface area contributed by atoms with E-state index >= 15 is 0 Å². The van der Waals surface area contributed by atoms with Crippen LogP contribution >= 0.6 is 11.3 Å². The van der Waals surface area contributed by atoms with Gasteiger partial charge in [0.25, 0.3) is 0 Å². The van der Waals surface area contributed by atoms with Crippen molar-refractivity contribution in [1.29, 1.82) is 0 Å². The van der Waals surface area contributed by atoms with E-state index in [1.54, 1.807) is 23.3 Å². The monoisotopic (exact) mass is 476 g/mol. The zero-order chi connectivity index (χ0) is 24.1. The number of hydrogen-bond donors (Lipinski definition) is 1. The lowest BCUT2D eigenvalue weighted by Crippen LogP contribution is -2.47. The van der Waals surface area contributed by atoms with Crippen molar-refractivity contribution >= 4 is 28.8 Å². The van der Waals surface area contributed by atoms with Gasteiger partial charge in [0.15, 0.2) is 0 Å². The summed E-state index contributed by atoms with van der Waals surface area (Å²) in [5.41, 5.74) is 3.49. The van der Waals surface area contributed by atoms with Crippen LogP contribution in [0.4, 0.5) is 5.69 Å². The maximum absolute atomic E-state index is 13.9. The maximum atomic E-state index is 13.9. The van der Waals surface area contributed by atoms with Crippen molar-refractivity contribution < 1.29 is 14.3 Å². The fraction of sp³-hybridized carbons (Fsp3) is 0.357. The summed E-state index contributed by atoms with van der Waals surface area (Å²) >= 11 is 1.55. The highest BCUT2D eigenvalue weighted by atomic mass is 32.1. The van der Waals surface area contributed by atoms with Gasteiger partial charge in [-0.3, -0.25) is 14.5 Å². The second-order valence-corrected chi connectivity index (χ2v) is 9.96. The summed E-state index contributed by atoms with van der Waals surface area (Å²) in [6.07, 6.45) is 4.45. The van der Waals surface area contributed by atoms with Crippen molar-refractivity contribution in [2.45, 2.75) is 58.0 Å². The number of amides is 2. The number of nitrogens with one attached hydrogen (secondary N) is 1. The Kier molecular flexibility index (Phi) is 7.68. The SMILES string of the molecule is COc1ccc([C@H](C(=O)NC2CCCC2)N(C(=O)Cc2cccs2)c2c(C)cccc2C)cc1. The molecule has 1 aliphatic carbocycles. The van der Waals surface area contributed by atoms with Crippen LogP contribution in [0, 0.1) is 13.8 Å². The van der Waals surface area contributed by atoms with Crippen LogP contribution in [-0.4, -0.2) is 25.0 Å². The van der Waals surface area contributed by atoms with Crippen LogP contribution in [0.25, 0.3) is 0 Å². The lowest BCUT2D eigenvalue weighted by molar-refractivity contribution is -0.127. The van der Waals surface area contributed by atoms with E-state index in [1.165, 1.54) is 0 Å². The summed E-state index contributed by atoms with van der Waals surface area (Å²) < 4.78 is 5.34. The third-order valence-corrected chi connectivity index (χ3v) is 7.37. The molecule has 0 radical (unpaired) electrons. The van der Waals surface area contributed by atoms with E-state index in [0.29, 0.717) is 5.75 Å². The molecule has 0 bridgehead atoms. The van der Waals surface area contributed by atoms with Gasteiger partial charge in [0.05, 0.1) is 19.2 Å². The molecule has 0 saturated heterocycles. The van der Waals surface area contributed by atoms with Gasteiger partial charge in [-0.2, -0.15) is 0 Å². The van der Waals surface area contributed by atoms with Crippen molar-refractivity contribution in [3.05, 3.63) is 81.5 Å². The molecule has 34 heavy (non-hydrogen) atoms. The molecule has 0 aliphatic heterocycles. The topological polar surface area (TPSA) is 58.6 Å². The number of aryl methyl sites for hydroxylation is 2. The highest BCUT2D eigenvalue weighted by Gasteiger charge is 2.35. The van der Waals surface area contributed by atoms with Gasteiger partial charge in [0.2, 0.25) is 11.8 Å². The Labute approximate surface area is 205 Å². The fourth-order valence-corrected chi connectivity index (χ4v) is 5.48. The largest absolute Gasteiger partial charge is 0.497 e. The number of carbonyl (C=O) groups excluding carboxylic acids is 2. The molecule has 1 heterocycles. The molecule has 0 unspecified atom stereocenters. The number of ether oxygens (including phenoxy) is 1. The molecule has 1 saturated carbocycles. The van der Waals surface area contributed by atoms with Crippen LogP contribution in [0.3, 0.4) is 0 Å². The molecule has 1 fully saturated rings. The fourth-order valence-electron chi connectivity index (χ4n) is 4.78. The van der Waals surface area contributed by atoms with Gasteiger partial charge in [-0.1, -0.05) is 49.2 Å². The Morgan fingerprint density at radius 1 is 1.03 bits per heavy atom. The van der Waals surface area contributed by atoms with Gasteiger partial charge in [-0.25, -0.2) is 0 Å². The number of para-hydroxylation sites is 1. The summed E-state index contributed by atoms with van der Waals surface area (Å²) in [5.74, 6) is 0.476. The van der Waals surface area contributed by atoms with E-state index in [9.17, 15) is 9.59 Å². The van der Waals surface area contributed by atoms with Crippen molar-refractivity contribution in [2.75, 3.05) is 12.0 Å². The molecule has 1 atom stereocenters. The first-order valence-corrected chi connectivity index (χ1v) is 12.7. The first-order valence-electron chi connectivity index (χ1n) is 11.8. The molecular formula is C28H32N2O3S. The van der Waals surface area contributed by atoms with E-state index in [0.717, 1.165) is 52.9 Å². The molecule has 1 N–H and O–H groups in total. The Morgan fingerprint density at radius 3 is 2.29 bits per heavy atom. The van der Waals surface area contributed by atoms with E-state index < -0.39 is 6.04 Å².